The van der Waals surface area contributed by atoms with Gasteiger partial charge in [-0.1, -0.05) is 0 Å². The maximum absolute atomic E-state index is 12.0. The summed E-state index contributed by atoms with van der Waals surface area (Å²) in [6.45, 7) is 1.59. The van der Waals surface area contributed by atoms with Gasteiger partial charge in [-0.05, 0) is 43.5 Å². The Morgan fingerprint density at radius 3 is 2.43 bits per heavy atom. The number of rotatable bonds is 3. The van der Waals surface area contributed by atoms with Gasteiger partial charge >= 0.3 is 0 Å². The first-order valence-electron chi connectivity index (χ1n) is 6.96. The summed E-state index contributed by atoms with van der Waals surface area (Å²) in [5, 5.41) is 2.71. The van der Waals surface area contributed by atoms with Crippen molar-refractivity contribution in [2.24, 2.45) is 0 Å². The van der Waals surface area contributed by atoms with Crippen LogP contribution in [0.2, 0.25) is 0 Å². The normalized spacial score (nSPS) is 15.8. The van der Waals surface area contributed by atoms with Crippen molar-refractivity contribution in [2.45, 2.75) is 32.6 Å². The summed E-state index contributed by atoms with van der Waals surface area (Å²) in [6, 6.07) is 5.14. The quantitative estimate of drug-likeness (QED) is 0.650. The molecule has 6 nitrogen and oxygen atoms in total. The summed E-state index contributed by atoms with van der Waals surface area (Å²) >= 11 is 0. The maximum atomic E-state index is 12.0. The number of benzene rings is 1. The molecule has 1 aromatic carbocycles. The lowest BCUT2D eigenvalue weighted by Gasteiger charge is -2.18. The molecule has 0 unspecified atom stereocenters. The van der Waals surface area contributed by atoms with E-state index in [1.54, 1.807) is 18.2 Å². The molecule has 0 radical (unpaired) electrons. The van der Waals surface area contributed by atoms with E-state index >= 15 is 0 Å². The molecule has 112 valence electrons. The van der Waals surface area contributed by atoms with E-state index in [1.165, 1.54) is 0 Å². The lowest BCUT2D eigenvalue weighted by atomic mass is 10.2. The van der Waals surface area contributed by atoms with Crippen molar-refractivity contribution in [3.05, 3.63) is 23.8 Å². The van der Waals surface area contributed by atoms with E-state index in [0.29, 0.717) is 37.1 Å². The van der Waals surface area contributed by atoms with Crippen LogP contribution in [0, 0.1) is 6.92 Å². The van der Waals surface area contributed by atoms with Crippen molar-refractivity contribution in [3.63, 3.8) is 0 Å². The Bertz CT molecular complexity index is 566. The molecule has 0 bridgehead atoms. The SMILES string of the molecule is Cc1cc(N)ccc1NC(=O)CN1C(=O)CCCCC1=O. The van der Waals surface area contributed by atoms with Crippen LogP contribution in [0.25, 0.3) is 0 Å². The minimum absolute atomic E-state index is 0.235. The second-order valence-electron chi connectivity index (χ2n) is 5.20. The molecule has 0 spiro atoms. The van der Waals surface area contributed by atoms with Crippen molar-refractivity contribution < 1.29 is 14.4 Å². The van der Waals surface area contributed by atoms with E-state index in [2.05, 4.69) is 5.32 Å². The molecule has 0 atom stereocenters. The van der Waals surface area contributed by atoms with Crippen LogP contribution in [0.4, 0.5) is 11.4 Å². The molecular formula is C15H19N3O3. The molecule has 21 heavy (non-hydrogen) atoms. The zero-order valence-electron chi connectivity index (χ0n) is 12.0. The van der Waals surface area contributed by atoms with Gasteiger partial charge < -0.3 is 11.1 Å². The number of aryl methyl sites for hydroxylation is 1. The number of nitrogens with zero attached hydrogens (tertiary/aromatic N) is 1. The highest BCUT2D eigenvalue weighted by atomic mass is 16.2. The minimum atomic E-state index is -0.383. The zero-order chi connectivity index (χ0) is 15.4. The number of hydrogen-bond donors (Lipinski definition) is 2. The van der Waals surface area contributed by atoms with E-state index < -0.39 is 0 Å². The Balaban J connectivity index is 2.03. The van der Waals surface area contributed by atoms with Crippen molar-refractivity contribution in [1.82, 2.24) is 4.90 Å². The molecule has 2 rings (SSSR count). The van der Waals surface area contributed by atoms with Crippen LogP contribution in [0.1, 0.15) is 31.2 Å². The molecule has 0 aromatic heterocycles. The number of carbonyl (C=O) groups excluding carboxylic acids is 3. The molecule has 3 amide bonds. The Labute approximate surface area is 123 Å². The van der Waals surface area contributed by atoms with Crippen molar-refractivity contribution in [2.75, 3.05) is 17.6 Å². The smallest absolute Gasteiger partial charge is 0.244 e. The summed E-state index contributed by atoms with van der Waals surface area (Å²) < 4.78 is 0. The van der Waals surface area contributed by atoms with Crippen LogP contribution in [-0.2, 0) is 14.4 Å². The summed E-state index contributed by atoms with van der Waals surface area (Å²) in [5.74, 6) is -0.935. The zero-order valence-corrected chi connectivity index (χ0v) is 12.0. The van der Waals surface area contributed by atoms with Gasteiger partial charge in [0, 0.05) is 24.2 Å². The van der Waals surface area contributed by atoms with Gasteiger partial charge in [-0.15, -0.1) is 0 Å². The van der Waals surface area contributed by atoms with E-state index in [9.17, 15) is 14.4 Å². The molecule has 0 saturated carbocycles. The third-order valence-electron chi connectivity index (χ3n) is 3.46. The largest absolute Gasteiger partial charge is 0.399 e. The first-order chi connectivity index (χ1) is 9.97. The lowest BCUT2D eigenvalue weighted by Crippen LogP contribution is -2.41. The number of amides is 3. The molecule has 1 aromatic rings. The van der Waals surface area contributed by atoms with Crippen LogP contribution in [0.15, 0.2) is 18.2 Å². The highest BCUT2D eigenvalue weighted by molar-refractivity contribution is 6.02. The van der Waals surface area contributed by atoms with Crippen LogP contribution in [0.5, 0.6) is 0 Å². The van der Waals surface area contributed by atoms with Crippen molar-refractivity contribution in [1.29, 1.82) is 0 Å². The van der Waals surface area contributed by atoms with Gasteiger partial charge in [0.15, 0.2) is 0 Å². The first kappa shape index (κ1) is 15.0. The standard InChI is InChI=1S/C15H19N3O3/c1-10-8-11(16)6-7-12(10)17-13(19)9-18-14(20)4-2-3-5-15(18)21/h6-8H,2-5,9,16H2,1H3,(H,17,19). The molecule has 6 heteroatoms. The fourth-order valence-corrected chi connectivity index (χ4v) is 2.30. The highest BCUT2D eigenvalue weighted by Gasteiger charge is 2.26. The second kappa shape index (κ2) is 6.39. The van der Waals surface area contributed by atoms with Gasteiger partial charge in [-0.2, -0.15) is 0 Å². The fraction of sp³-hybridized carbons (Fsp3) is 0.400. The lowest BCUT2D eigenvalue weighted by molar-refractivity contribution is -0.146. The molecule has 0 aliphatic carbocycles. The maximum Gasteiger partial charge on any atom is 0.244 e. The third kappa shape index (κ3) is 3.81. The number of imide groups is 1. The van der Waals surface area contributed by atoms with E-state index in [4.69, 9.17) is 5.73 Å². The number of anilines is 2. The van der Waals surface area contributed by atoms with Gasteiger partial charge in [0.25, 0.3) is 0 Å². The Hall–Kier alpha value is -2.37. The number of nitrogen functional groups attached to an aromatic ring is 1. The molecule has 3 N–H and O–H groups in total. The van der Waals surface area contributed by atoms with Crippen LogP contribution < -0.4 is 11.1 Å². The average molecular weight is 289 g/mol. The fourth-order valence-electron chi connectivity index (χ4n) is 2.30. The van der Waals surface area contributed by atoms with Crippen molar-refractivity contribution >= 4 is 29.1 Å². The predicted molar refractivity (Wildman–Crippen MR) is 79.4 cm³/mol. The minimum Gasteiger partial charge on any atom is -0.399 e. The third-order valence-corrected chi connectivity index (χ3v) is 3.46. The van der Waals surface area contributed by atoms with Crippen LogP contribution in [-0.4, -0.2) is 29.2 Å². The summed E-state index contributed by atoms with van der Waals surface area (Å²) in [5.41, 5.74) is 7.72. The highest BCUT2D eigenvalue weighted by Crippen LogP contribution is 2.18. The van der Waals surface area contributed by atoms with Crippen LogP contribution in [0.3, 0.4) is 0 Å². The van der Waals surface area contributed by atoms with Gasteiger partial charge in [-0.3, -0.25) is 19.3 Å². The first-order valence-corrected chi connectivity index (χ1v) is 6.96. The second-order valence-corrected chi connectivity index (χ2v) is 5.20. The van der Waals surface area contributed by atoms with Gasteiger partial charge in [0.05, 0.1) is 0 Å². The topological polar surface area (TPSA) is 92.5 Å². The monoisotopic (exact) mass is 289 g/mol. The Morgan fingerprint density at radius 2 is 1.86 bits per heavy atom. The molecule has 1 fully saturated rings. The predicted octanol–water partition coefficient (Wildman–Crippen LogP) is 1.44. The number of hydrogen-bond acceptors (Lipinski definition) is 4. The van der Waals surface area contributed by atoms with E-state index in [-0.39, 0.29) is 24.3 Å². The summed E-state index contributed by atoms with van der Waals surface area (Å²) in [4.78, 5) is 36.7. The van der Waals surface area contributed by atoms with Gasteiger partial charge in [0.2, 0.25) is 17.7 Å². The van der Waals surface area contributed by atoms with Gasteiger partial charge in [0.1, 0.15) is 6.54 Å². The van der Waals surface area contributed by atoms with E-state index in [0.717, 1.165) is 10.5 Å². The van der Waals surface area contributed by atoms with Crippen molar-refractivity contribution in [3.8, 4) is 0 Å². The average Bonchev–Trinajstić information content (AvgIpc) is 2.57. The molecule has 1 saturated heterocycles. The molecule has 1 heterocycles. The van der Waals surface area contributed by atoms with E-state index in [1.807, 2.05) is 6.92 Å². The molecular weight excluding hydrogens is 270 g/mol. The number of carbonyl (C=O) groups is 3. The molecule has 1 aliphatic heterocycles. The number of nitrogens with one attached hydrogen (secondary N) is 1. The summed E-state index contributed by atoms with van der Waals surface area (Å²) in [7, 11) is 0. The van der Waals surface area contributed by atoms with Gasteiger partial charge in [-0.25, -0.2) is 0 Å². The Morgan fingerprint density at radius 1 is 1.24 bits per heavy atom. The number of likely N-dealkylation sites (tertiary alicyclic amines) is 1. The van der Waals surface area contributed by atoms with Crippen LogP contribution >= 0.6 is 0 Å². The number of nitrogens with two attached hydrogens (primary N) is 1. The molecule has 1 aliphatic rings. The summed E-state index contributed by atoms with van der Waals surface area (Å²) in [6.07, 6.45) is 2.03. The Kier molecular flexibility index (Phi) is 4.57.